The number of nitrogens with zero attached hydrogens (tertiary/aromatic N) is 2. The molecule has 6 heteroatoms. The fraction of sp³-hybridized carbons (Fsp3) is 0.167. The number of hydrogen-bond donors (Lipinski definition) is 1. The number of hydrogen-bond acceptors (Lipinski definition) is 3. The Kier molecular flexibility index (Phi) is 5.27. The van der Waals surface area contributed by atoms with E-state index in [0.717, 1.165) is 5.56 Å². The molecule has 1 aromatic heterocycles. The molecule has 0 bridgehead atoms. The van der Waals surface area contributed by atoms with Gasteiger partial charge in [0.05, 0.1) is 25.0 Å². The van der Waals surface area contributed by atoms with Crippen LogP contribution in [0.15, 0.2) is 59.9 Å². The fourth-order valence-corrected chi connectivity index (χ4v) is 3.31. The van der Waals surface area contributed by atoms with Gasteiger partial charge in [-0.05, 0) is 23.8 Å². The Hall–Kier alpha value is -2.18. The predicted molar refractivity (Wildman–Crippen MR) is 89.6 cm³/mol. The Morgan fingerprint density at radius 2 is 1.92 bits per heavy atom. The van der Waals surface area contributed by atoms with Crippen LogP contribution in [-0.4, -0.2) is 14.7 Å². The van der Waals surface area contributed by atoms with E-state index in [1.165, 1.54) is 30.0 Å². The van der Waals surface area contributed by atoms with E-state index >= 15 is 0 Å². The van der Waals surface area contributed by atoms with Gasteiger partial charge in [-0.15, -0.1) is 0 Å². The summed E-state index contributed by atoms with van der Waals surface area (Å²) >= 11 is 1.42. The summed E-state index contributed by atoms with van der Waals surface area (Å²) in [5, 5.41) is 10.1. The summed E-state index contributed by atoms with van der Waals surface area (Å²) in [6, 6.07) is 12.9. The quantitative estimate of drug-likeness (QED) is 0.686. The zero-order valence-electron chi connectivity index (χ0n) is 12.8. The number of aliphatic hydroxyl groups excluding tert-OH is 1. The highest BCUT2D eigenvalue weighted by molar-refractivity contribution is 7.98. The number of rotatable bonds is 6. The maximum Gasteiger partial charge on any atom is 0.168 e. The van der Waals surface area contributed by atoms with Gasteiger partial charge in [0.15, 0.2) is 5.16 Å². The first kappa shape index (κ1) is 16.7. The molecule has 3 rings (SSSR count). The highest BCUT2D eigenvalue weighted by atomic mass is 32.2. The second-order valence-corrected chi connectivity index (χ2v) is 6.23. The van der Waals surface area contributed by atoms with Gasteiger partial charge in [0, 0.05) is 11.3 Å². The van der Waals surface area contributed by atoms with Crippen LogP contribution in [0.1, 0.15) is 16.8 Å². The van der Waals surface area contributed by atoms with E-state index in [4.69, 9.17) is 0 Å². The molecular formula is C18H16F2N2OS. The van der Waals surface area contributed by atoms with E-state index in [0.29, 0.717) is 22.2 Å². The molecule has 0 saturated carbocycles. The van der Waals surface area contributed by atoms with Gasteiger partial charge in [-0.25, -0.2) is 13.8 Å². The number of aromatic nitrogens is 2. The van der Waals surface area contributed by atoms with Gasteiger partial charge in [-0.1, -0.05) is 42.1 Å². The van der Waals surface area contributed by atoms with E-state index in [1.807, 2.05) is 6.07 Å². The van der Waals surface area contributed by atoms with Gasteiger partial charge >= 0.3 is 0 Å². The first-order valence-electron chi connectivity index (χ1n) is 7.43. The molecule has 0 aliphatic carbocycles. The van der Waals surface area contributed by atoms with Crippen molar-refractivity contribution in [3.05, 3.63) is 83.2 Å². The van der Waals surface area contributed by atoms with Crippen LogP contribution in [0.2, 0.25) is 0 Å². The van der Waals surface area contributed by atoms with Crippen molar-refractivity contribution < 1.29 is 13.9 Å². The minimum absolute atomic E-state index is 0.179. The first-order chi connectivity index (χ1) is 11.7. The Bertz CT molecular complexity index is 835. The van der Waals surface area contributed by atoms with Crippen molar-refractivity contribution >= 4 is 11.8 Å². The topological polar surface area (TPSA) is 38.1 Å². The van der Waals surface area contributed by atoms with Crippen LogP contribution in [-0.2, 0) is 18.9 Å². The molecule has 0 amide bonds. The maximum atomic E-state index is 13.9. The van der Waals surface area contributed by atoms with Gasteiger partial charge in [-0.2, -0.15) is 0 Å². The van der Waals surface area contributed by atoms with Gasteiger partial charge in [0.25, 0.3) is 0 Å². The molecular weight excluding hydrogens is 330 g/mol. The third-order valence-electron chi connectivity index (χ3n) is 3.61. The normalized spacial score (nSPS) is 11.0. The third kappa shape index (κ3) is 3.83. The Morgan fingerprint density at radius 1 is 1.08 bits per heavy atom. The molecule has 0 unspecified atom stereocenters. The molecule has 0 aliphatic heterocycles. The Morgan fingerprint density at radius 3 is 2.67 bits per heavy atom. The van der Waals surface area contributed by atoms with E-state index in [9.17, 15) is 13.9 Å². The lowest BCUT2D eigenvalue weighted by molar-refractivity contribution is 0.270. The summed E-state index contributed by atoms with van der Waals surface area (Å²) in [5.41, 5.74) is 1.98. The molecule has 1 N–H and O–H groups in total. The Balaban J connectivity index is 1.81. The zero-order valence-corrected chi connectivity index (χ0v) is 13.6. The van der Waals surface area contributed by atoms with Crippen molar-refractivity contribution in [3.63, 3.8) is 0 Å². The van der Waals surface area contributed by atoms with Crippen LogP contribution in [0.4, 0.5) is 8.78 Å². The van der Waals surface area contributed by atoms with Crippen LogP contribution in [0.5, 0.6) is 0 Å². The third-order valence-corrected chi connectivity index (χ3v) is 4.67. The van der Waals surface area contributed by atoms with Crippen molar-refractivity contribution in [2.24, 2.45) is 0 Å². The summed E-state index contributed by atoms with van der Waals surface area (Å²) in [6.07, 6.45) is 1.58. The van der Waals surface area contributed by atoms with Crippen molar-refractivity contribution in [1.29, 1.82) is 0 Å². The minimum atomic E-state index is -0.295. The number of aliphatic hydroxyl groups is 1. The molecule has 124 valence electrons. The molecule has 24 heavy (non-hydrogen) atoms. The maximum absolute atomic E-state index is 13.9. The van der Waals surface area contributed by atoms with Gasteiger partial charge in [0.2, 0.25) is 0 Å². The highest BCUT2D eigenvalue weighted by Gasteiger charge is 2.12. The molecule has 0 saturated heterocycles. The van der Waals surface area contributed by atoms with E-state index in [1.54, 1.807) is 35.0 Å². The van der Waals surface area contributed by atoms with Crippen LogP contribution in [0, 0.1) is 11.6 Å². The average molecular weight is 346 g/mol. The zero-order chi connectivity index (χ0) is 16.9. The average Bonchev–Trinajstić information content (AvgIpc) is 2.97. The Labute approximate surface area is 143 Å². The summed E-state index contributed by atoms with van der Waals surface area (Å²) < 4.78 is 28.9. The molecule has 3 nitrogen and oxygen atoms in total. The lowest BCUT2D eigenvalue weighted by Gasteiger charge is -2.11. The second kappa shape index (κ2) is 7.59. The molecule has 0 radical (unpaired) electrons. The van der Waals surface area contributed by atoms with E-state index < -0.39 is 0 Å². The molecule has 0 spiro atoms. The van der Waals surface area contributed by atoms with Crippen LogP contribution in [0.25, 0.3) is 0 Å². The summed E-state index contributed by atoms with van der Waals surface area (Å²) in [5.74, 6) is -0.0355. The fourth-order valence-electron chi connectivity index (χ4n) is 2.37. The molecule has 0 atom stereocenters. The van der Waals surface area contributed by atoms with Crippen molar-refractivity contribution in [3.8, 4) is 0 Å². The lowest BCUT2D eigenvalue weighted by Crippen LogP contribution is -2.07. The first-order valence-corrected chi connectivity index (χ1v) is 8.42. The number of halogens is 2. The minimum Gasteiger partial charge on any atom is -0.390 e. The molecule has 3 aromatic rings. The summed E-state index contributed by atoms with van der Waals surface area (Å²) in [7, 11) is 0. The highest BCUT2D eigenvalue weighted by Crippen LogP contribution is 2.25. The van der Waals surface area contributed by atoms with Gasteiger partial charge in [0.1, 0.15) is 11.6 Å². The number of benzene rings is 2. The van der Waals surface area contributed by atoms with Crippen molar-refractivity contribution in [2.75, 3.05) is 0 Å². The van der Waals surface area contributed by atoms with Gasteiger partial charge in [-0.3, -0.25) is 0 Å². The monoisotopic (exact) mass is 346 g/mol. The van der Waals surface area contributed by atoms with Gasteiger partial charge < -0.3 is 9.67 Å². The van der Waals surface area contributed by atoms with Crippen LogP contribution < -0.4 is 0 Å². The van der Waals surface area contributed by atoms with E-state index in [-0.39, 0.29) is 24.8 Å². The number of imidazole rings is 1. The summed E-state index contributed by atoms with van der Waals surface area (Å²) in [4.78, 5) is 4.30. The standard InChI is InChI=1S/C18H16F2N2OS/c19-15-6-3-4-13(8-15)12-24-18-21-9-16(11-23)22(18)10-14-5-1-2-7-17(14)20/h1-9,23H,10-12H2. The van der Waals surface area contributed by atoms with Crippen LogP contribution >= 0.6 is 11.8 Å². The largest absolute Gasteiger partial charge is 0.390 e. The van der Waals surface area contributed by atoms with Crippen molar-refractivity contribution in [2.45, 2.75) is 24.1 Å². The molecule has 0 fully saturated rings. The predicted octanol–water partition coefficient (Wildman–Crippen LogP) is 3.99. The molecule has 1 heterocycles. The number of thioether (sulfide) groups is 1. The van der Waals surface area contributed by atoms with E-state index in [2.05, 4.69) is 4.98 Å². The SMILES string of the molecule is OCc1cnc(SCc2cccc(F)c2)n1Cc1ccccc1F. The molecule has 0 aliphatic rings. The second-order valence-electron chi connectivity index (χ2n) is 5.29. The summed E-state index contributed by atoms with van der Waals surface area (Å²) in [6.45, 7) is 0.107. The smallest absolute Gasteiger partial charge is 0.168 e. The van der Waals surface area contributed by atoms with Crippen molar-refractivity contribution in [1.82, 2.24) is 9.55 Å². The van der Waals surface area contributed by atoms with Crippen LogP contribution in [0.3, 0.4) is 0 Å². The lowest BCUT2D eigenvalue weighted by atomic mass is 10.2. The molecule has 2 aromatic carbocycles.